The fraction of sp³-hybridized carbons (Fsp3) is 0.0667. The van der Waals surface area contributed by atoms with Gasteiger partial charge in [0.25, 0.3) is 0 Å². The first-order chi connectivity index (χ1) is 10.1. The van der Waals surface area contributed by atoms with E-state index in [0.29, 0.717) is 11.2 Å². The van der Waals surface area contributed by atoms with Gasteiger partial charge in [-0.25, -0.2) is 8.78 Å². The van der Waals surface area contributed by atoms with Gasteiger partial charge in [0.2, 0.25) is 0 Å². The summed E-state index contributed by atoms with van der Waals surface area (Å²) in [5, 5.41) is 12.3. The second kappa shape index (κ2) is 5.37. The minimum Gasteiger partial charge on any atom is -0.371 e. The zero-order valence-corrected chi connectivity index (χ0v) is 12.6. The number of fused-ring (bicyclic) bond motifs is 1. The highest BCUT2D eigenvalue weighted by molar-refractivity contribution is 9.10. The topological polar surface area (TPSA) is 37.8 Å². The van der Waals surface area contributed by atoms with Gasteiger partial charge in [-0.05, 0) is 28.1 Å². The van der Waals surface area contributed by atoms with E-state index >= 15 is 0 Å². The third-order valence-electron chi connectivity index (χ3n) is 3.20. The van der Waals surface area contributed by atoms with Gasteiger partial charge >= 0.3 is 0 Å². The van der Waals surface area contributed by atoms with Gasteiger partial charge in [0, 0.05) is 17.8 Å². The third-order valence-corrected chi connectivity index (χ3v) is 3.82. The Labute approximate surface area is 128 Å². The Morgan fingerprint density at radius 2 is 1.71 bits per heavy atom. The molecule has 1 aromatic heterocycles. The summed E-state index contributed by atoms with van der Waals surface area (Å²) in [6.45, 7) is 0. The summed E-state index contributed by atoms with van der Waals surface area (Å²) in [6.07, 6.45) is 0. The van der Waals surface area contributed by atoms with E-state index in [4.69, 9.17) is 0 Å². The summed E-state index contributed by atoms with van der Waals surface area (Å²) in [5.41, 5.74) is -0.00312. The lowest BCUT2D eigenvalue weighted by molar-refractivity contribution is 0.584. The van der Waals surface area contributed by atoms with Gasteiger partial charge in [-0.2, -0.15) is 0 Å². The lowest BCUT2D eigenvalue weighted by Gasteiger charge is -2.10. The summed E-state index contributed by atoms with van der Waals surface area (Å²) in [7, 11) is 1.72. The molecule has 3 rings (SSSR count). The molecule has 3 aromatic rings. The predicted octanol–water partition coefficient (Wildman–Crippen LogP) is 4.38. The van der Waals surface area contributed by atoms with E-state index in [9.17, 15) is 8.78 Å². The van der Waals surface area contributed by atoms with Gasteiger partial charge in [-0.3, -0.25) is 0 Å². The van der Waals surface area contributed by atoms with Gasteiger partial charge in [0.1, 0.15) is 17.3 Å². The SMILES string of the molecule is CNc1nnc(-c2c(F)ccc(Br)c2F)c2ccccc12. The molecule has 0 radical (unpaired) electrons. The highest BCUT2D eigenvalue weighted by atomic mass is 79.9. The number of nitrogens with zero attached hydrogens (tertiary/aromatic N) is 2. The summed E-state index contributed by atoms with van der Waals surface area (Å²) in [4.78, 5) is 0. The van der Waals surface area contributed by atoms with Crippen molar-refractivity contribution in [2.75, 3.05) is 12.4 Å². The molecule has 0 aliphatic rings. The molecule has 0 amide bonds. The van der Waals surface area contributed by atoms with Crippen molar-refractivity contribution in [2.24, 2.45) is 0 Å². The number of hydrogen-bond donors (Lipinski definition) is 1. The van der Waals surface area contributed by atoms with Crippen LogP contribution in [0, 0.1) is 11.6 Å². The average Bonchev–Trinajstić information content (AvgIpc) is 2.51. The molecular formula is C15H10BrF2N3. The standard InChI is InChI=1S/C15H10BrF2N3/c1-19-15-9-5-3-2-4-8(9)14(20-21-15)12-11(17)7-6-10(16)13(12)18/h2-7H,1H3,(H,19,21). The molecule has 6 heteroatoms. The number of aromatic nitrogens is 2. The molecule has 0 spiro atoms. The first-order valence-electron chi connectivity index (χ1n) is 6.20. The van der Waals surface area contributed by atoms with Crippen molar-refractivity contribution in [2.45, 2.75) is 0 Å². The Morgan fingerprint density at radius 1 is 1.00 bits per heavy atom. The Kier molecular flexibility index (Phi) is 3.55. The Bertz CT molecular complexity index is 837. The molecule has 2 aromatic carbocycles. The quantitative estimate of drug-likeness (QED) is 0.697. The summed E-state index contributed by atoms with van der Waals surface area (Å²) < 4.78 is 28.6. The second-order valence-electron chi connectivity index (χ2n) is 4.41. The number of benzene rings is 2. The van der Waals surface area contributed by atoms with Crippen LogP contribution in [0.15, 0.2) is 40.9 Å². The van der Waals surface area contributed by atoms with E-state index in [2.05, 4.69) is 31.4 Å². The zero-order chi connectivity index (χ0) is 15.0. The first-order valence-corrected chi connectivity index (χ1v) is 7.00. The molecule has 106 valence electrons. The molecule has 0 aliphatic carbocycles. The van der Waals surface area contributed by atoms with E-state index in [-0.39, 0.29) is 15.7 Å². The van der Waals surface area contributed by atoms with Crippen LogP contribution in [0.4, 0.5) is 14.6 Å². The molecule has 0 unspecified atom stereocenters. The number of nitrogens with one attached hydrogen (secondary N) is 1. The van der Waals surface area contributed by atoms with Crippen LogP contribution in [0.1, 0.15) is 0 Å². The van der Waals surface area contributed by atoms with E-state index in [1.54, 1.807) is 19.2 Å². The predicted molar refractivity (Wildman–Crippen MR) is 82.1 cm³/mol. The molecule has 1 N–H and O–H groups in total. The van der Waals surface area contributed by atoms with Gasteiger partial charge in [-0.1, -0.05) is 24.3 Å². The molecule has 0 fully saturated rings. The summed E-state index contributed by atoms with van der Waals surface area (Å²) >= 11 is 3.07. The Hall–Kier alpha value is -2.08. The molecule has 1 heterocycles. The molecule has 0 bridgehead atoms. The Balaban J connectivity index is 2.40. The monoisotopic (exact) mass is 349 g/mol. The highest BCUT2D eigenvalue weighted by Gasteiger charge is 2.19. The number of halogens is 3. The maximum absolute atomic E-state index is 14.3. The summed E-state index contributed by atoms with van der Waals surface area (Å²) in [6, 6.07) is 9.74. The van der Waals surface area contributed by atoms with E-state index in [0.717, 1.165) is 5.39 Å². The van der Waals surface area contributed by atoms with Crippen molar-refractivity contribution >= 4 is 32.5 Å². The smallest absolute Gasteiger partial charge is 0.156 e. The van der Waals surface area contributed by atoms with E-state index in [1.807, 2.05) is 12.1 Å². The van der Waals surface area contributed by atoms with Crippen LogP contribution < -0.4 is 5.32 Å². The van der Waals surface area contributed by atoms with Crippen LogP contribution in [0.2, 0.25) is 0 Å². The molecule has 0 atom stereocenters. The van der Waals surface area contributed by atoms with Crippen LogP contribution in [0.3, 0.4) is 0 Å². The zero-order valence-electron chi connectivity index (χ0n) is 11.0. The number of rotatable bonds is 2. The van der Waals surface area contributed by atoms with Crippen molar-refractivity contribution in [1.82, 2.24) is 10.2 Å². The molecule has 0 saturated heterocycles. The maximum atomic E-state index is 14.3. The summed E-state index contributed by atoms with van der Waals surface area (Å²) in [5.74, 6) is -0.802. The van der Waals surface area contributed by atoms with Crippen molar-refractivity contribution in [3.63, 3.8) is 0 Å². The van der Waals surface area contributed by atoms with Crippen molar-refractivity contribution in [3.05, 3.63) is 52.5 Å². The average molecular weight is 350 g/mol. The largest absolute Gasteiger partial charge is 0.371 e. The minimum atomic E-state index is -0.688. The van der Waals surface area contributed by atoms with Crippen molar-refractivity contribution in [3.8, 4) is 11.3 Å². The lowest BCUT2D eigenvalue weighted by Crippen LogP contribution is -2.01. The van der Waals surface area contributed by atoms with Crippen LogP contribution in [0.25, 0.3) is 22.0 Å². The number of anilines is 1. The van der Waals surface area contributed by atoms with Crippen molar-refractivity contribution in [1.29, 1.82) is 0 Å². The van der Waals surface area contributed by atoms with Crippen molar-refractivity contribution < 1.29 is 8.78 Å². The normalized spacial score (nSPS) is 10.9. The van der Waals surface area contributed by atoms with Crippen LogP contribution in [-0.4, -0.2) is 17.2 Å². The molecule has 0 aliphatic heterocycles. The molecule has 21 heavy (non-hydrogen) atoms. The van der Waals surface area contributed by atoms with Gasteiger partial charge in [0.15, 0.2) is 5.82 Å². The fourth-order valence-electron chi connectivity index (χ4n) is 2.22. The fourth-order valence-corrected chi connectivity index (χ4v) is 2.55. The Morgan fingerprint density at radius 3 is 2.43 bits per heavy atom. The molecule has 0 saturated carbocycles. The molecule has 3 nitrogen and oxygen atoms in total. The highest BCUT2D eigenvalue weighted by Crippen LogP contribution is 2.34. The van der Waals surface area contributed by atoms with Crippen LogP contribution in [0.5, 0.6) is 0 Å². The second-order valence-corrected chi connectivity index (χ2v) is 5.27. The van der Waals surface area contributed by atoms with Gasteiger partial charge in [-0.15, -0.1) is 10.2 Å². The minimum absolute atomic E-state index is 0.181. The van der Waals surface area contributed by atoms with Gasteiger partial charge in [0.05, 0.1) is 10.0 Å². The molecular weight excluding hydrogens is 340 g/mol. The van der Waals surface area contributed by atoms with Crippen LogP contribution >= 0.6 is 15.9 Å². The lowest BCUT2D eigenvalue weighted by atomic mass is 10.0. The third kappa shape index (κ3) is 2.25. The number of hydrogen-bond acceptors (Lipinski definition) is 3. The maximum Gasteiger partial charge on any atom is 0.156 e. The van der Waals surface area contributed by atoms with E-state index in [1.165, 1.54) is 12.1 Å². The van der Waals surface area contributed by atoms with Gasteiger partial charge < -0.3 is 5.32 Å². The first kappa shape index (κ1) is 13.9. The van der Waals surface area contributed by atoms with E-state index < -0.39 is 11.6 Å². The van der Waals surface area contributed by atoms with Crippen LogP contribution in [-0.2, 0) is 0 Å².